The van der Waals surface area contributed by atoms with Crippen LogP contribution in [0.5, 0.6) is 11.5 Å². The maximum Gasteiger partial charge on any atom is 0.161 e. The van der Waals surface area contributed by atoms with Gasteiger partial charge in [-0.05, 0) is 54.4 Å². The van der Waals surface area contributed by atoms with Crippen molar-refractivity contribution in [2.24, 2.45) is 5.10 Å². The summed E-state index contributed by atoms with van der Waals surface area (Å²) >= 11 is 0. The summed E-state index contributed by atoms with van der Waals surface area (Å²) in [7, 11) is 1.61. The standard InChI is InChI=1S/C17H19FN2O2/c1-3-10-22-17-11-13(4-9-16(17)21-2)12-19-20-15-7-5-14(18)6-8-15/h4-9,11-12,20H,3,10H2,1-2H3/b19-12-. The SMILES string of the molecule is CCCOc1cc(/C=N\Nc2ccc(F)cc2)ccc1OC. The molecule has 0 aromatic heterocycles. The lowest BCUT2D eigenvalue weighted by atomic mass is 10.2. The Labute approximate surface area is 129 Å². The lowest BCUT2D eigenvalue weighted by molar-refractivity contribution is 0.294. The first-order chi connectivity index (χ1) is 10.7. The molecular weight excluding hydrogens is 283 g/mol. The number of hydrogen-bond acceptors (Lipinski definition) is 4. The van der Waals surface area contributed by atoms with E-state index >= 15 is 0 Å². The minimum atomic E-state index is -0.276. The number of anilines is 1. The summed E-state index contributed by atoms with van der Waals surface area (Å²) in [5.74, 6) is 1.11. The van der Waals surface area contributed by atoms with Gasteiger partial charge in [0, 0.05) is 0 Å². The topological polar surface area (TPSA) is 42.8 Å². The van der Waals surface area contributed by atoms with Gasteiger partial charge >= 0.3 is 0 Å². The quantitative estimate of drug-likeness (QED) is 0.619. The Hall–Kier alpha value is -2.56. The van der Waals surface area contributed by atoms with Crippen molar-refractivity contribution in [3.63, 3.8) is 0 Å². The van der Waals surface area contributed by atoms with E-state index in [1.165, 1.54) is 12.1 Å². The van der Waals surface area contributed by atoms with Gasteiger partial charge in [0.15, 0.2) is 11.5 Å². The number of nitrogens with zero attached hydrogens (tertiary/aromatic N) is 1. The molecule has 0 bridgehead atoms. The predicted molar refractivity (Wildman–Crippen MR) is 86.4 cm³/mol. The lowest BCUT2D eigenvalue weighted by Gasteiger charge is -2.10. The molecule has 0 heterocycles. The average molecular weight is 302 g/mol. The molecule has 2 aromatic rings. The van der Waals surface area contributed by atoms with Crippen molar-refractivity contribution in [3.05, 3.63) is 53.8 Å². The van der Waals surface area contributed by atoms with Gasteiger partial charge in [-0.15, -0.1) is 0 Å². The van der Waals surface area contributed by atoms with Gasteiger partial charge in [-0.1, -0.05) is 6.92 Å². The minimum absolute atomic E-state index is 0.276. The van der Waals surface area contributed by atoms with E-state index in [0.717, 1.165) is 12.0 Å². The first-order valence-electron chi connectivity index (χ1n) is 7.08. The van der Waals surface area contributed by atoms with Gasteiger partial charge in [-0.2, -0.15) is 5.10 Å². The van der Waals surface area contributed by atoms with E-state index in [1.54, 1.807) is 25.5 Å². The Balaban J connectivity index is 2.05. The van der Waals surface area contributed by atoms with Crippen LogP contribution in [0.15, 0.2) is 47.6 Å². The summed E-state index contributed by atoms with van der Waals surface area (Å²) in [6, 6.07) is 11.6. The molecule has 0 amide bonds. The predicted octanol–water partition coefficient (Wildman–Crippen LogP) is 4.07. The van der Waals surface area contributed by atoms with E-state index in [1.807, 2.05) is 25.1 Å². The number of benzene rings is 2. The third-order valence-corrected chi connectivity index (χ3v) is 2.90. The second-order valence-electron chi connectivity index (χ2n) is 4.64. The second-order valence-corrected chi connectivity index (χ2v) is 4.64. The maximum absolute atomic E-state index is 12.8. The van der Waals surface area contributed by atoms with Crippen LogP contribution in [-0.2, 0) is 0 Å². The van der Waals surface area contributed by atoms with Crippen LogP contribution in [0.4, 0.5) is 10.1 Å². The Morgan fingerprint density at radius 1 is 1.14 bits per heavy atom. The normalized spacial score (nSPS) is 10.7. The van der Waals surface area contributed by atoms with Crippen molar-refractivity contribution >= 4 is 11.9 Å². The van der Waals surface area contributed by atoms with E-state index < -0.39 is 0 Å². The molecule has 4 nitrogen and oxygen atoms in total. The van der Waals surface area contributed by atoms with Gasteiger partial charge in [0.25, 0.3) is 0 Å². The highest BCUT2D eigenvalue weighted by molar-refractivity contribution is 5.81. The Morgan fingerprint density at radius 3 is 2.59 bits per heavy atom. The van der Waals surface area contributed by atoms with E-state index in [2.05, 4.69) is 10.5 Å². The highest BCUT2D eigenvalue weighted by Gasteiger charge is 2.04. The molecule has 0 radical (unpaired) electrons. The molecule has 0 aliphatic heterocycles. The molecule has 5 heteroatoms. The minimum Gasteiger partial charge on any atom is -0.493 e. The van der Waals surface area contributed by atoms with Crippen LogP contribution in [-0.4, -0.2) is 19.9 Å². The molecule has 1 N–H and O–H groups in total. The van der Waals surface area contributed by atoms with E-state index in [4.69, 9.17) is 9.47 Å². The van der Waals surface area contributed by atoms with E-state index in [0.29, 0.717) is 23.8 Å². The van der Waals surface area contributed by atoms with Crippen molar-refractivity contribution in [2.75, 3.05) is 19.1 Å². The molecule has 2 aromatic carbocycles. The highest BCUT2D eigenvalue weighted by Crippen LogP contribution is 2.27. The number of halogens is 1. The van der Waals surface area contributed by atoms with Gasteiger partial charge in [-0.25, -0.2) is 4.39 Å². The molecule has 0 aliphatic carbocycles. The molecule has 0 fully saturated rings. The number of hydrazone groups is 1. The van der Waals surface area contributed by atoms with Gasteiger partial charge in [0.1, 0.15) is 5.82 Å². The summed E-state index contributed by atoms with van der Waals surface area (Å²) in [5, 5.41) is 4.12. The zero-order chi connectivity index (χ0) is 15.8. The van der Waals surface area contributed by atoms with Crippen LogP contribution in [0.25, 0.3) is 0 Å². The van der Waals surface area contributed by atoms with Crippen LogP contribution in [0, 0.1) is 5.82 Å². The lowest BCUT2D eigenvalue weighted by Crippen LogP contribution is -1.99. The van der Waals surface area contributed by atoms with E-state index in [-0.39, 0.29) is 5.82 Å². The molecule has 0 spiro atoms. The number of methoxy groups -OCH3 is 1. The van der Waals surface area contributed by atoms with Gasteiger partial charge in [-0.3, -0.25) is 5.43 Å². The van der Waals surface area contributed by atoms with Gasteiger partial charge in [0.2, 0.25) is 0 Å². The average Bonchev–Trinajstić information content (AvgIpc) is 2.55. The monoisotopic (exact) mass is 302 g/mol. The maximum atomic E-state index is 12.8. The van der Waals surface area contributed by atoms with Crippen LogP contribution in [0.3, 0.4) is 0 Å². The third kappa shape index (κ3) is 4.48. The summed E-state index contributed by atoms with van der Waals surface area (Å²) in [4.78, 5) is 0. The molecule has 0 atom stereocenters. The van der Waals surface area contributed by atoms with Crippen molar-refractivity contribution in [2.45, 2.75) is 13.3 Å². The molecule has 22 heavy (non-hydrogen) atoms. The van der Waals surface area contributed by atoms with Crippen LogP contribution >= 0.6 is 0 Å². The number of hydrogen-bond donors (Lipinski definition) is 1. The molecule has 0 saturated carbocycles. The summed E-state index contributed by atoms with van der Waals surface area (Å²) in [5.41, 5.74) is 4.44. The first-order valence-corrected chi connectivity index (χ1v) is 7.08. The fourth-order valence-electron chi connectivity index (χ4n) is 1.80. The summed E-state index contributed by atoms with van der Waals surface area (Å²) in [6.45, 7) is 2.68. The molecule has 2 rings (SSSR count). The van der Waals surface area contributed by atoms with Gasteiger partial charge in [0.05, 0.1) is 25.6 Å². The number of nitrogens with one attached hydrogen (secondary N) is 1. The zero-order valence-corrected chi connectivity index (χ0v) is 12.7. The van der Waals surface area contributed by atoms with Crippen molar-refractivity contribution in [1.29, 1.82) is 0 Å². The van der Waals surface area contributed by atoms with Crippen LogP contribution in [0.1, 0.15) is 18.9 Å². The Morgan fingerprint density at radius 2 is 1.91 bits per heavy atom. The molecule has 0 aliphatic rings. The van der Waals surface area contributed by atoms with Crippen LogP contribution < -0.4 is 14.9 Å². The highest BCUT2D eigenvalue weighted by atomic mass is 19.1. The summed E-state index contributed by atoms with van der Waals surface area (Å²) in [6.07, 6.45) is 2.59. The van der Waals surface area contributed by atoms with Crippen molar-refractivity contribution in [3.8, 4) is 11.5 Å². The third-order valence-electron chi connectivity index (χ3n) is 2.90. The zero-order valence-electron chi connectivity index (χ0n) is 12.7. The smallest absolute Gasteiger partial charge is 0.161 e. The number of rotatable bonds is 7. The molecular formula is C17H19FN2O2. The Kier molecular flexibility index (Phi) is 5.77. The number of ether oxygens (including phenoxy) is 2. The molecule has 116 valence electrons. The first kappa shape index (κ1) is 15.8. The van der Waals surface area contributed by atoms with Crippen molar-refractivity contribution in [1.82, 2.24) is 0 Å². The van der Waals surface area contributed by atoms with E-state index in [9.17, 15) is 4.39 Å². The second kappa shape index (κ2) is 8.02. The largest absolute Gasteiger partial charge is 0.493 e. The summed E-state index contributed by atoms with van der Waals surface area (Å²) < 4.78 is 23.7. The fourth-order valence-corrected chi connectivity index (χ4v) is 1.80. The van der Waals surface area contributed by atoms with Crippen molar-refractivity contribution < 1.29 is 13.9 Å². The van der Waals surface area contributed by atoms with Gasteiger partial charge < -0.3 is 9.47 Å². The molecule has 0 saturated heterocycles. The van der Waals surface area contributed by atoms with Crippen LogP contribution in [0.2, 0.25) is 0 Å². The Bertz CT molecular complexity index is 627. The fraction of sp³-hybridized carbons (Fsp3) is 0.235. The molecule has 0 unspecified atom stereocenters.